The average molecular weight is 658 g/mol. The van der Waals surface area contributed by atoms with Crippen molar-refractivity contribution in [3.05, 3.63) is 47.5 Å². The summed E-state index contributed by atoms with van der Waals surface area (Å²) in [7, 11) is 0. The molecule has 5 heterocycles. The fraction of sp³-hybridized carbons (Fsp3) is 0.600. The summed E-state index contributed by atoms with van der Waals surface area (Å²) < 4.78 is 28.5. The first-order chi connectivity index (χ1) is 21.8. The Kier molecular flexibility index (Phi) is 10.0. The molecule has 5 aliphatic rings. The number of nitrogens with zero attached hydrogens (tertiary/aromatic N) is 1. The van der Waals surface area contributed by atoms with Crippen LogP contribution in [0.4, 0.5) is 4.79 Å². The van der Waals surface area contributed by atoms with Gasteiger partial charge in [0.15, 0.2) is 12.6 Å². The summed E-state index contributed by atoms with van der Waals surface area (Å²) in [4.78, 5) is 48.2. The minimum absolute atomic E-state index is 0.0206. The summed E-state index contributed by atoms with van der Waals surface area (Å²) in [6.45, 7) is 0.0924. The van der Waals surface area contributed by atoms with Crippen molar-refractivity contribution < 1.29 is 53.1 Å². The zero-order valence-electron chi connectivity index (χ0n) is 24.4. The van der Waals surface area contributed by atoms with Crippen LogP contribution in [0.2, 0.25) is 0 Å². The monoisotopic (exact) mass is 657 g/mol. The van der Waals surface area contributed by atoms with Crippen molar-refractivity contribution in [1.29, 1.82) is 0 Å². The number of aliphatic hydroxyl groups is 2. The van der Waals surface area contributed by atoms with Gasteiger partial charge in [-0.3, -0.25) is 19.3 Å². The maximum absolute atomic E-state index is 12.3. The molecule has 5 aliphatic heterocycles. The van der Waals surface area contributed by atoms with E-state index in [0.29, 0.717) is 17.2 Å². The lowest BCUT2D eigenvalue weighted by molar-refractivity contribution is -0.361. The second-order valence-corrected chi connectivity index (χ2v) is 12.9. The maximum Gasteiger partial charge on any atom is 0.315 e. The molecule has 0 radical (unpaired) electrons. The van der Waals surface area contributed by atoms with Gasteiger partial charge in [-0.1, -0.05) is 30.7 Å². The summed E-state index contributed by atoms with van der Waals surface area (Å²) in [5.41, 5.74) is 1.47. The van der Waals surface area contributed by atoms with Crippen LogP contribution < -0.4 is 10.6 Å². The highest BCUT2D eigenvalue weighted by molar-refractivity contribution is 8.00. The van der Waals surface area contributed by atoms with Crippen LogP contribution in [0.25, 0.3) is 0 Å². The first-order valence-electron chi connectivity index (χ1n) is 15.1. The van der Waals surface area contributed by atoms with Gasteiger partial charge in [0.1, 0.15) is 31.0 Å². The van der Waals surface area contributed by atoms with Crippen molar-refractivity contribution in [2.45, 2.75) is 86.6 Å². The third-order valence-electron chi connectivity index (χ3n) is 8.54. The number of hydrogen-bond donors (Lipinski definition) is 4. The molecule has 1 aromatic carbocycles. The van der Waals surface area contributed by atoms with Crippen LogP contribution in [0.1, 0.15) is 43.1 Å². The van der Waals surface area contributed by atoms with Crippen LogP contribution in [0.5, 0.6) is 0 Å². The molecule has 14 nitrogen and oxygen atoms in total. The Morgan fingerprint density at radius 2 is 1.80 bits per heavy atom. The second kappa shape index (κ2) is 14.2. The van der Waals surface area contributed by atoms with Crippen molar-refractivity contribution >= 4 is 35.6 Å². The Hall–Kier alpha value is -3.05. The fourth-order valence-electron chi connectivity index (χ4n) is 6.06. The van der Waals surface area contributed by atoms with Gasteiger partial charge in [0.05, 0.1) is 31.8 Å². The Bertz CT molecular complexity index is 1280. The normalized spacial score (nSPS) is 34.0. The van der Waals surface area contributed by atoms with Crippen LogP contribution in [0, 0.1) is 0 Å². The molecule has 9 atom stereocenters. The number of ether oxygens (including phenoxy) is 5. The molecule has 45 heavy (non-hydrogen) atoms. The highest BCUT2D eigenvalue weighted by Crippen LogP contribution is 2.35. The summed E-state index contributed by atoms with van der Waals surface area (Å²) in [5.74, 6) is -0.234. The van der Waals surface area contributed by atoms with Crippen LogP contribution in [0.15, 0.2) is 36.4 Å². The van der Waals surface area contributed by atoms with Gasteiger partial charge in [-0.15, -0.1) is 0 Å². The number of unbranched alkanes of at least 4 members (excludes halogenated alkanes) is 1. The number of imide groups is 1. The van der Waals surface area contributed by atoms with Crippen LogP contribution >= 0.6 is 11.8 Å². The molecular weight excluding hydrogens is 620 g/mol. The molecule has 4 saturated heterocycles. The van der Waals surface area contributed by atoms with Gasteiger partial charge in [0.25, 0.3) is 11.8 Å². The Balaban J connectivity index is 0.896. The number of rotatable bonds is 12. The van der Waals surface area contributed by atoms with Crippen LogP contribution in [-0.2, 0) is 44.7 Å². The van der Waals surface area contributed by atoms with Crippen molar-refractivity contribution in [3.63, 3.8) is 0 Å². The van der Waals surface area contributed by atoms with E-state index in [1.54, 1.807) is 24.3 Å². The molecular formula is C30H37N3O11S. The van der Waals surface area contributed by atoms with E-state index in [4.69, 9.17) is 23.7 Å². The lowest BCUT2D eigenvalue weighted by Crippen LogP contribution is -2.62. The molecule has 6 rings (SSSR count). The minimum Gasteiger partial charge on any atom is -0.461 e. The lowest BCUT2D eigenvalue weighted by Gasteiger charge is -2.46. The number of esters is 1. The number of fused-ring (bicyclic) bond motifs is 2. The molecule has 0 aromatic heterocycles. The van der Waals surface area contributed by atoms with Gasteiger partial charge in [-0.05, 0) is 18.4 Å². The molecule has 0 bridgehead atoms. The second-order valence-electron chi connectivity index (χ2n) is 11.6. The Morgan fingerprint density at radius 1 is 1.02 bits per heavy atom. The van der Waals surface area contributed by atoms with Crippen molar-refractivity contribution in [2.75, 3.05) is 25.5 Å². The SMILES string of the molecule is O=C1N[C@H]2[C@H](CS[C@H]2CCCCC(=O)OCc2ccc(C3O[13CH2][13C@H]4O[13C@@H](O[13CH2][13CH2]N5C(=O)[13CH]=[13CH]C5=O)[13C@H](O)[13C@@H](O)[13CH]4O3)cc2)N1. The summed E-state index contributed by atoms with van der Waals surface area (Å²) in [5, 5.41) is 27.6. The topological polar surface area (TPSA) is 182 Å². The van der Waals surface area contributed by atoms with Crippen LogP contribution in [0.3, 0.4) is 0 Å². The van der Waals surface area contributed by atoms with Gasteiger partial charge in [-0.2, -0.15) is 11.8 Å². The number of amides is 4. The predicted octanol–water partition coefficient (Wildman–Crippen LogP) is 0.258. The number of benzene rings is 1. The molecule has 4 fully saturated rings. The Morgan fingerprint density at radius 3 is 2.58 bits per heavy atom. The third-order valence-corrected chi connectivity index (χ3v) is 10.0. The number of aliphatic hydroxyl groups excluding tert-OH is 2. The van der Waals surface area contributed by atoms with Gasteiger partial charge in [0.2, 0.25) is 0 Å². The standard InChI is InChI=1S/C30H37N3O11S/c34-21-9-10-22(35)33(21)11-12-40-29-26(38)25(37)27-19(43-29)14-42-28(44-27)17-7-5-16(6-8-17)13-41-23(36)4-2-1-3-20-24-18(15-45-20)31-30(39)32-24/h5-10,18-20,24-29,37-38H,1-4,11-15H2,(H2,31,32,39)/t18-,19+,20-,24-,25+,26+,27?,28?,29+/m0/s1/i9+1,10+1,11+1,12+1,14+1,19+1,25+1,26+1,27+1,29+1. The summed E-state index contributed by atoms with van der Waals surface area (Å²) in [6, 6.07) is 7.44. The number of nitrogens with one attached hydrogen (secondary N) is 2. The number of carbonyl (C=O) groups excluding carboxylic acids is 4. The third kappa shape index (κ3) is 7.35. The summed E-state index contributed by atoms with van der Waals surface area (Å²) in [6.07, 6.45) is -1.13. The maximum atomic E-state index is 12.3. The minimum atomic E-state index is -1.42. The van der Waals surface area contributed by atoms with Crippen molar-refractivity contribution in [1.82, 2.24) is 15.5 Å². The zero-order chi connectivity index (χ0) is 31.5. The molecule has 4 amide bonds. The fourth-order valence-corrected chi connectivity index (χ4v) is 7.60. The van der Waals surface area contributed by atoms with E-state index in [1.165, 1.54) is 12.2 Å². The molecule has 0 aliphatic carbocycles. The first kappa shape index (κ1) is 31.9. The van der Waals surface area contributed by atoms with Crippen LogP contribution in [-0.4, -0.2) is 112 Å². The van der Waals surface area contributed by atoms with E-state index >= 15 is 0 Å². The molecule has 4 N–H and O–H groups in total. The van der Waals surface area contributed by atoms with Gasteiger partial charge in [-0.25, -0.2) is 4.79 Å². The average Bonchev–Trinajstić information content (AvgIpc) is 3.70. The summed E-state index contributed by atoms with van der Waals surface area (Å²) >= 11 is 1.86. The van der Waals surface area contributed by atoms with E-state index in [9.17, 15) is 29.4 Å². The van der Waals surface area contributed by atoms with Crippen molar-refractivity contribution in [2.24, 2.45) is 0 Å². The van der Waals surface area contributed by atoms with E-state index in [0.717, 1.165) is 35.5 Å². The van der Waals surface area contributed by atoms with E-state index in [1.807, 2.05) is 11.8 Å². The van der Waals surface area contributed by atoms with Gasteiger partial charge >= 0.3 is 12.0 Å². The quantitative estimate of drug-likeness (QED) is 0.0793. The van der Waals surface area contributed by atoms with Gasteiger partial charge in [0, 0.05) is 35.1 Å². The smallest absolute Gasteiger partial charge is 0.315 e. The predicted molar refractivity (Wildman–Crippen MR) is 156 cm³/mol. The van der Waals surface area contributed by atoms with Crippen molar-refractivity contribution in [3.8, 4) is 0 Å². The molecule has 0 saturated carbocycles. The zero-order valence-corrected chi connectivity index (χ0v) is 25.3. The van der Waals surface area contributed by atoms with E-state index in [-0.39, 0.29) is 50.4 Å². The number of thioether (sulfide) groups is 1. The number of hydrogen-bond acceptors (Lipinski definition) is 12. The van der Waals surface area contributed by atoms with Gasteiger partial charge < -0.3 is 44.5 Å². The number of carbonyl (C=O) groups is 4. The lowest BCUT2D eigenvalue weighted by atomic mass is 10.0. The molecule has 15 heteroatoms. The Labute approximate surface area is 263 Å². The van der Waals surface area contributed by atoms with E-state index in [2.05, 4.69) is 10.6 Å². The van der Waals surface area contributed by atoms with E-state index < -0.39 is 48.8 Å². The number of urea groups is 1. The molecule has 2 unspecified atom stereocenters. The molecule has 0 spiro atoms. The molecule has 244 valence electrons. The highest BCUT2D eigenvalue weighted by Gasteiger charge is 2.49. The highest BCUT2D eigenvalue weighted by atomic mass is 32.2. The first-order valence-corrected chi connectivity index (χ1v) is 16.2. The molecule has 1 aromatic rings. The largest absolute Gasteiger partial charge is 0.461 e.